The number of hydrogen-bond donors (Lipinski definition) is 1. The highest BCUT2D eigenvalue weighted by Gasteiger charge is 2.29. The number of alkyl halides is 3. The van der Waals surface area contributed by atoms with E-state index in [4.69, 9.17) is 0 Å². The summed E-state index contributed by atoms with van der Waals surface area (Å²) in [6.07, 6.45) is -2.43. The molecule has 1 N–H and O–H groups in total. The Morgan fingerprint density at radius 3 is 2.43 bits per heavy atom. The van der Waals surface area contributed by atoms with Gasteiger partial charge in [-0.25, -0.2) is 4.98 Å². The Hall–Kier alpha value is -1.70. The number of thiophene rings is 1. The summed E-state index contributed by atoms with van der Waals surface area (Å²) in [6.45, 7) is 1.10. The average molecular weight is 354 g/mol. The fourth-order valence-electron chi connectivity index (χ4n) is 2.05. The number of rotatable bonds is 5. The third-order valence-corrected chi connectivity index (χ3v) is 5.27. The van der Waals surface area contributed by atoms with E-state index < -0.39 is 11.7 Å². The fraction of sp³-hybridized carbons (Fsp3) is 0.188. The third kappa shape index (κ3) is 4.19. The first kappa shape index (κ1) is 16.2. The second-order valence-electron chi connectivity index (χ2n) is 4.89. The summed E-state index contributed by atoms with van der Waals surface area (Å²) in [6, 6.07) is 9.26. The smallest absolute Gasteiger partial charge is 0.306 e. The van der Waals surface area contributed by atoms with Crippen molar-refractivity contribution >= 4 is 22.7 Å². The zero-order valence-electron chi connectivity index (χ0n) is 11.9. The maximum Gasteiger partial charge on any atom is 0.416 e. The molecule has 0 atom stereocenters. The average Bonchev–Trinajstić information content (AvgIpc) is 3.18. The molecule has 0 saturated heterocycles. The SMILES string of the molecule is FC(F)(F)c1ccc(CNCc2ncc(-c3cccs3)s2)cc1. The second-order valence-corrected chi connectivity index (χ2v) is 6.96. The second kappa shape index (κ2) is 6.82. The summed E-state index contributed by atoms with van der Waals surface area (Å²) in [5, 5.41) is 6.19. The molecule has 0 aliphatic carbocycles. The molecule has 2 aromatic heterocycles. The van der Waals surface area contributed by atoms with Crippen molar-refractivity contribution in [3.63, 3.8) is 0 Å². The molecule has 0 saturated carbocycles. The zero-order valence-corrected chi connectivity index (χ0v) is 13.6. The number of halogens is 3. The van der Waals surface area contributed by atoms with Gasteiger partial charge in [0.05, 0.1) is 10.4 Å². The summed E-state index contributed by atoms with van der Waals surface area (Å²) in [5.41, 5.74) is 0.190. The van der Waals surface area contributed by atoms with Crippen LogP contribution in [-0.2, 0) is 19.3 Å². The molecule has 1 aromatic carbocycles. The van der Waals surface area contributed by atoms with Crippen molar-refractivity contribution in [3.8, 4) is 9.75 Å². The monoisotopic (exact) mass is 354 g/mol. The van der Waals surface area contributed by atoms with Gasteiger partial charge >= 0.3 is 6.18 Å². The lowest BCUT2D eigenvalue weighted by Gasteiger charge is -2.08. The van der Waals surface area contributed by atoms with E-state index in [-0.39, 0.29) is 0 Å². The van der Waals surface area contributed by atoms with Crippen molar-refractivity contribution in [1.29, 1.82) is 0 Å². The van der Waals surface area contributed by atoms with E-state index in [1.165, 1.54) is 17.0 Å². The Morgan fingerprint density at radius 2 is 1.78 bits per heavy atom. The Bertz CT molecular complexity index is 746. The molecule has 0 fully saturated rings. The highest BCUT2D eigenvalue weighted by Crippen LogP contribution is 2.30. The highest BCUT2D eigenvalue weighted by molar-refractivity contribution is 7.21. The van der Waals surface area contributed by atoms with Crippen LogP contribution in [0.2, 0.25) is 0 Å². The number of nitrogens with zero attached hydrogens (tertiary/aromatic N) is 1. The van der Waals surface area contributed by atoms with Gasteiger partial charge in [-0.05, 0) is 29.1 Å². The van der Waals surface area contributed by atoms with Crippen molar-refractivity contribution in [2.24, 2.45) is 0 Å². The molecular formula is C16H13F3N2S2. The predicted molar refractivity (Wildman–Crippen MR) is 87.4 cm³/mol. The van der Waals surface area contributed by atoms with Gasteiger partial charge in [-0.1, -0.05) is 18.2 Å². The van der Waals surface area contributed by atoms with Gasteiger partial charge in [0.2, 0.25) is 0 Å². The number of benzene rings is 1. The van der Waals surface area contributed by atoms with Gasteiger partial charge < -0.3 is 5.32 Å². The van der Waals surface area contributed by atoms with E-state index in [1.54, 1.807) is 22.7 Å². The van der Waals surface area contributed by atoms with Crippen molar-refractivity contribution in [2.45, 2.75) is 19.3 Å². The molecule has 23 heavy (non-hydrogen) atoms. The van der Waals surface area contributed by atoms with E-state index in [0.717, 1.165) is 27.6 Å². The number of nitrogens with one attached hydrogen (secondary N) is 1. The highest BCUT2D eigenvalue weighted by atomic mass is 32.1. The van der Waals surface area contributed by atoms with E-state index in [0.29, 0.717) is 13.1 Å². The molecule has 0 aliphatic rings. The fourth-order valence-corrected chi connectivity index (χ4v) is 3.76. The van der Waals surface area contributed by atoms with Crippen molar-refractivity contribution in [2.75, 3.05) is 0 Å². The van der Waals surface area contributed by atoms with E-state index in [1.807, 2.05) is 17.6 Å². The van der Waals surface area contributed by atoms with Crippen molar-refractivity contribution in [3.05, 3.63) is 64.1 Å². The third-order valence-electron chi connectivity index (χ3n) is 3.20. The summed E-state index contributed by atoms with van der Waals surface area (Å²) < 4.78 is 37.5. The van der Waals surface area contributed by atoms with Gasteiger partial charge in [0, 0.05) is 24.2 Å². The van der Waals surface area contributed by atoms with Crippen LogP contribution in [-0.4, -0.2) is 4.98 Å². The largest absolute Gasteiger partial charge is 0.416 e. The van der Waals surface area contributed by atoms with Crippen molar-refractivity contribution in [1.82, 2.24) is 10.3 Å². The minimum absolute atomic E-state index is 0.506. The molecule has 0 spiro atoms. The first-order chi connectivity index (χ1) is 11.0. The topological polar surface area (TPSA) is 24.9 Å². The first-order valence-corrected chi connectivity index (χ1v) is 8.57. The minimum Gasteiger partial charge on any atom is -0.306 e. The molecule has 7 heteroatoms. The van der Waals surface area contributed by atoms with Crippen LogP contribution in [0.25, 0.3) is 9.75 Å². The molecule has 2 nitrogen and oxygen atoms in total. The molecule has 3 aromatic rings. The molecule has 0 aliphatic heterocycles. The summed E-state index contributed by atoms with van der Waals surface area (Å²) >= 11 is 3.29. The normalized spacial score (nSPS) is 11.8. The summed E-state index contributed by atoms with van der Waals surface area (Å²) in [4.78, 5) is 6.69. The van der Waals surface area contributed by atoms with E-state index >= 15 is 0 Å². The lowest BCUT2D eigenvalue weighted by molar-refractivity contribution is -0.137. The van der Waals surface area contributed by atoms with Crippen LogP contribution in [0.3, 0.4) is 0 Å². The van der Waals surface area contributed by atoms with Gasteiger partial charge in [0.1, 0.15) is 5.01 Å². The van der Waals surface area contributed by atoms with Crippen LogP contribution < -0.4 is 5.32 Å². The van der Waals surface area contributed by atoms with Gasteiger partial charge in [0.15, 0.2) is 0 Å². The standard InChI is InChI=1S/C16H13F3N2S2/c17-16(18,19)12-5-3-11(4-6-12)8-20-10-15-21-9-14(23-15)13-2-1-7-22-13/h1-7,9,20H,8,10H2. The maximum absolute atomic E-state index is 12.5. The molecule has 2 heterocycles. The molecule has 3 rings (SSSR count). The van der Waals surface area contributed by atoms with Gasteiger partial charge in [-0.3, -0.25) is 0 Å². The Morgan fingerprint density at radius 1 is 1.00 bits per heavy atom. The van der Waals surface area contributed by atoms with Crippen LogP contribution in [0.15, 0.2) is 48.0 Å². The van der Waals surface area contributed by atoms with E-state index in [2.05, 4.69) is 16.4 Å². The summed E-state index contributed by atoms with van der Waals surface area (Å²) in [5.74, 6) is 0. The summed E-state index contributed by atoms with van der Waals surface area (Å²) in [7, 11) is 0. The molecule has 120 valence electrons. The van der Waals surface area contributed by atoms with Crippen LogP contribution in [0, 0.1) is 0 Å². The molecule has 0 unspecified atom stereocenters. The molecule has 0 amide bonds. The Labute approximate surface area is 139 Å². The van der Waals surface area contributed by atoms with Crippen LogP contribution in [0.4, 0.5) is 13.2 Å². The number of aromatic nitrogens is 1. The maximum atomic E-state index is 12.5. The predicted octanol–water partition coefficient (Wildman–Crippen LogP) is 5.18. The van der Waals surface area contributed by atoms with Crippen LogP contribution >= 0.6 is 22.7 Å². The molecular weight excluding hydrogens is 341 g/mol. The number of thiazole rings is 1. The van der Waals surface area contributed by atoms with Crippen molar-refractivity contribution < 1.29 is 13.2 Å². The van der Waals surface area contributed by atoms with Gasteiger partial charge in [-0.2, -0.15) is 13.2 Å². The first-order valence-electron chi connectivity index (χ1n) is 6.88. The lowest BCUT2D eigenvalue weighted by Crippen LogP contribution is -2.12. The molecule has 0 radical (unpaired) electrons. The number of hydrogen-bond acceptors (Lipinski definition) is 4. The van der Waals surface area contributed by atoms with Gasteiger partial charge in [-0.15, -0.1) is 22.7 Å². The lowest BCUT2D eigenvalue weighted by atomic mass is 10.1. The van der Waals surface area contributed by atoms with E-state index in [9.17, 15) is 13.2 Å². The Kier molecular flexibility index (Phi) is 4.79. The Balaban J connectivity index is 1.53. The van der Waals surface area contributed by atoms with Crippen LogP contribution in [0.5, 0.6) is 0 Å². The molecule has 0 bridgehead atoms. The van der Waals surface area contributed by atoms with Gasteiger partial charge in [0.25, 0.3) is 0 Å². The van der Waals surface area contributed by atoms with Crippen LogP contribution in [0.1, 0.15) is 16.1 Å². The quantitative estimate of drug-likeness (QED) is 0.683. The zero-order chi connectivity index (χ0) is 16.3. The minimum atomic E-state index is -4.29.